The topological polar surface area (TPSA) is 58.6 Å². The van der Waals surface area contributed by atoms with Gasteiger partial charge in [0.2, 0.25) is 5.91 Å². The van der Waals surface area contributed by atoms with E-state index in [2.05, 4.69) is 17.4 Å². The number of rotatable bonds is 7. The van der Waals surface area contributed by atoms with Gasteiger partial charge in [-0.15, -0.1) is 0 Å². The van der Waals surface area contributed by atoms with Gasteiger partial charge in [-0.1, -0.05) is 55.0 Å². The van der Waals surface area contributed by atoms with Gasteiger partial charge in [0.05, 0.1) is 6.04 Å². The highest BCUT2D eigenvalue weighted by Gasteiger charge is 2.42. The maximum Gasteiger partial charge on any atom is 0.289 e. The second-order valence-corrected chi connectivity index (χ2v) is 8.96. The van der Waals surface area contributed by atoms with Crippen LogP contribution in [0.5, 0.6) is 0 Å². The number of ether oxygens (including phenoxy) is 1. The van der Waals surface area contributed by atoms with Crippen LogP contribution in [0.4, 0.5) is 4.39 Å². The van der Waals surface area contributed by atoms with E-state index in [4.69, 9.17) is 4.74 Å². The van der Waals surface area contributed by atoms with Crippen LogP contribution >= 0.6 is 0 Å². The van der Waals surface area contributed by atoms with Crippen molar-refractivity contribution in [2.75, 3.05) is 6.54 Å². The summed E-state index contributed by atoms with van der Waals surface area (Å²) in [6.07, 6.45) is 6.61. The number of carbonyl (C=O) groups excluding carboxylic acids is 2. The van der Waals surface area contributed by atoms with Crippen LogP contribution < -0.4 is 5.32 Å². The van der Waals surface area contributed by atoms with Crippen LogP contribution in [-0.2, 0) is 20.7 Å². The zero-order chi connectivity index (χ0) is 23.2. The number of benzene rings is 2. The van der Waals surface area contributed by atoms with E-state index in [1.165, 1.54) is 17.7 Å². The molecule has 2 fully saturated rings. The van der Waals surface area contributed by atoms with Gasteiger partial charge in [-0.3, -0.25) is 9.59 Å². The first-order valence-corrected chi connectivity index (χ1v) is 11.8. The first kappa shape index (κ1) is 23.0. The molecule has 1 heterocycles. The summed E-state index contributed by atoms with van der Waals surface area (Å²) < 4.78 is 20.2. The molecule has 174 valence electrons. The lowest BCUT2D eigenvalue weighted by molar-refractivity contribution is -0.152. The molecule has 5 nitrogen and oxygen atoms in total. The highest BCUT2D eigenvalue weighted by atomic mass is 19.1. The fourth-order valence-corrected chi connectivity index (χ4v) is 4.67. The lowest BCUT2D eigenvalue weighted by atomic mass is 9.89. The fourth-order valence-electron chi connectivity index (χ4n) is 4.67. The highest BCUT2D eigenvalue weighted by Crippen LogP contribution is 2.33. The summed E-state index contributed by atoms with van der Waals surface area (Å²) in [5, 5.41) is 3.03. The molecule has 2 aliphatic rings. The van der Waals surface area contributed by atoms with Crippen LogP contribution in [0.3, 0.4) is 0 Å². The minimum Gasteiger partial charge on any atom is -0.482 e. The molecule has 3 unspecified atom stereocenters. The lowest BCUT2D eigenvalue weighted by Crippen LogP contribution is -2.57. The van der Waals surface area contributed by atoms with Gasteiger partial charge in [0.25, 0.3) is 5.91 Å². The molecule has 1 saturated carbocycles. The number of aryl methyl sites for hydroxylation is 1. The Morgan fingerprint density at radius 3 is 2.67 bits per heavy atom. The molecule has 1 N–H and O–H groups in total. The number of halogens is 1. The molecular formula is C27H31FN2O3. The summed E-state index contributed by atoms with van der Waals surface area (Å²) >= 11 is 0. The maximum atomic E-state index is 14.2. The molecule has 0 aromatic heterocycles. The van der Waals surface area contributed by atoms with Crippen LogP contribution in [0.15, 0.2) is 60.4 Å². The predicted molar refractivity (Wildman–Crippen MR) is 126 cm³/mol. The van der Waals surface area contributed by atoms with Crippen molar-refractivity contribution in [1.29, 1.82) is 0 Å². The number of fused-ring (bicyclic) bond motifs is 1. The molecule has 6 heteroatoms. The Kier molecular flexibility index (Phi) is 7.43. The first-order valence-electron chi connectivity index (χ1n) is 11.8. The van der Waals surface area contributed by atoms with Crippen LogP contribution in [0, 0.1) is 5.82 Å². The van der Waals surface area contributed by atoms with Gasteiger partial charge in [0.1, 0.15) is 18.5 Å². The minimum absolute atomic E-state index is 0.00979. The second kappa shape index (κ2) is 10.6. The summed E-state index contributed by atoms with van der Waals surface area (Å²) in [6.45, 7) is 1.96. The van der Waals surface area contributed by atoms with Gasteiger partial charge in [-0.2, -0.15) is 0 Å². The van der Waals surface area contributed by atoms with Crippen LogP contribution in [0.25, 0.3) is 6.08 Å². The van der Waals surface area contributed by atoms with Crippen LogP contribution in [0.2, 0.25) is 0 Å². The molecule has 1 aliphatic carbocycles. The number of morpholine rings is 1. The Bertz CT molecular complexity index is 1010. The van der Waals surface area contributed by atoms with Crippen molar-refractivity contribution in [3.8, 4) is 0 Å². The van der Waals surface area contributed by atoms with E-state index in [1.807, 2.05) is 25.1 Å². The van der Waals surface area contributed by atoms with Gasteiger partial charge in [-0.05, 0) is 56.7 Å². The average molecular weight is 451 g/mol. The van der Waals surface area contributed by atoms with Crippen LogP contribution in [-0.4, -0.2) is 41.4 Å². The van der Waals surface area contributed by atoms with Crippen molar-refractivity contribution in [1.82, 2.24) is 10.2 Å². The lowest BCUT2D eigenvalue weighted by Gasteiger charge is -2.44. The molecule has 33 heavy (non-hydrogen) atoms. The summed E-state index contributed by atoms with van der Waals surface area (Å²) in [7, 11) is 0. The summed E-state index contributed by atoms with van der Waals surface area (Å²) in [5.41, 5.74) is 1.53. The Hall–Kier alpha value is -3.15. The van der Waals surface area contributed by atoms with Crippen molar-refractivity contribution < 1.29 is 18.7 Å². The molecule has 0 spiro atoms. The molecule has 2 amide bonds. The predicted octanol–water partition coefficient (Wildman–Crippen LogP) is 4.47. The molecule has 0 radical (unpaired) electrons. The molecule has 3 atom stereocenters. The van der Waals surface area contributed by atoms with Gasteiger partial charge in [0.15, 0.2) is 5.76 Å². The smallest absolute Gasteiger partial charge is 0.289 e. The normalized spacial score (nSPS) is 22.4. The third-order valence-corrected chi connectivity index (χ3v) is 6.44. The van der Waals surface area contributed by atoms with Crippen LogP contribution in [0.1, 0.15) is 50.2 Å². The zero-order valence-corrected chi connectivity index (χ0v) is 19.0. The standard InChI is InChI=1S/C27H31FN2O3/c1-19(15-16-20-9-3-2-4-10-20)29-26(31)18-30-23-13-7-8-14-24(23)33-25(27(30)32)17-21-11-5-6-12-22(21)28/h2-6,9-12,17,19,23-24H,7-8,13-16,18H2,1H3,(H,29,31)/b25-17+. The number of nitrogens with zero attached hydrogens (tertiary/aromatic N) is 1. The third kappa shape index (κ3) is 5.81. The van der Waals surface area contributed by atoms with E-state index < -0.39 is 5.82 Å². The van der Waals surface area contributed by atoms with E-state index in [-0.39, 0.29) is 42.3 Å². The molecular weight excluding hydrogens is 419 g/mol. The Balaban J connectivity index is 1.43. The molecule has 2 aromatic carbocycles. The molecule has 1 aliphatic heterocycles. The first-order chi connectivity index (χ1) is 16.0. The molecule has 2 aromatic rings. The summed E-state index contributed by atoms with van der Waals surface area (Å²) in [6, 6.07) is 16.3. The van der Waals surface area contributed by atoms with Gasteiger partial charge >= 0.3 is 0 Å². The van der Waals surface area contributed by atoms with E-state index in [0.717, 1.165) is 38.5 Å². The number of amides is 2. The summed E-state index contributed by atoms with van der Waals surface area (Å²) in [4.78, 5) is 27.7. The Morgan fingerprint density at radius 2 is 1.88 bits per heavy atom. The monoisotopic (exact) mass is 450 g/mol. The summed E-state index contributed by atoms with van der Waals surface area (Å²) in [5.74, 6) is -0.842. The number of hydrogen-bond acceptors (Lipinski definition) is 3. The van der Waals surface area contributed by atoms with Gasteiger partial charge < -0.3 is 15.0 Å². The number of carbonyl (C=O) groups is 2. The van der Waals surface area contributed by atoms with E-state index in [1.54, 1.807) is 23.1 Å². The van der Waals surface area contributed by atoms with E-state index in [9.17, 15) is 14.0 Å². The molecule has 0 bridgehead atoms. The number of nitrogens with one attached hydrogen (secondary N) is 1. The van der Waals surface area contributed by atoms with Crippen molar-refractivity contribution >= 4 is 17.9 Å². The highest BCUT2D eigenvalue weighted by molar-refractivity contribution is 5.98. The second-order valence-electron chi connectivity index (χ2n) is 8.96. The van der Waals surface area contributed by atoms with E-state index in [0.29, 0.717) is 5.56 Å². The minimum atomic E-state index is -0.413. The van der Waals surface area contributed by atoms with Crippen molar-refractivity contribution in [3.05, 3.63) is 77.3 Å². The zero-order valence-electron chi connectivity index (χ0n) is 19.0. The SMILES string of the molecule is CC(CCc1ccccc1)NC(=O)CN1C(=O)/C(=C\c2ccccc2F)OC2CCCCC21. The quantitative estimate of drug-likeness (QED) is 0.633. The third-order valence-electron chi connectivity index (χ3n) is 6.44. The van der Waals surface area contributed by atoms with Crippen molar-refractivity contribution in [2.24, 2.45) is 0 Å². The van der Waals surface area contributed by atoms with Crippen molar-refractivity contribution in [2.45, 2.75) is 63.6 Å². The largest absolute Gasteiger partial charge is 0.482 e. The van der Waals surface area contributed by atoms with E-state index >= 15 is 0 Å². The number of hydrogen-bond donors (Lipinski definition) is 1. The Labute approximate surface area is 194 Å². The molecule has 1 saturated heterocycles. The molecule has 4 rings (SSSR count). The Morgan fingerprint density at radius 1 is 1.15 bits per heavy atom. The van der Waals surface area contributed by atoms with Gasteiger partial charge in [0, 0.05) is 11.6 Å². The van der Waals surface area contributed by atoms with Crippen molar-refractivity contribution in [3.63, 3.8) is 0 Å². The fraction of sp³-hybridized carbons (Fsp3) is 0.407. The average Bonchev–Trinajstić information content (AvgIpc) is 2.82. The maximum absolute atomic E-state index is 14.2. The van der Waals surface area contributed by atoms with Gasteiger partial charge in [-0.25, -0.2) is 4.39 Å².